The minimum absolute atomic E-state index is 0.0901. The van der Waals surface area contributed by atoms with Gasteiger partial charge < -0.3 is 40.0 Å². The van der Waals surface area contributed by atoms with Crippen molar-refractivity contribution < 1.29 is 34.4 Å². The normalized spacial score (nSPS) is 17.9. The van der Waals surface area contributed by atoms with Crippen molar-refractivity contribution in [3.63, 3.8) is 0 Å². The predicted molar refractivity (Wildman–Crippen MR) is 220 cm³/mol. The standard InChI is InChI=1S/C43H46ClN5O8/c1-56-39-22-34(33(44)21-29(39)23-45-24-38(51)31-11-13-37(50)41-32(31)12-14-40(52)47-41)46-42(53)57-19-5-6-26-9-10-30(27-7-3-2-4-8-27)35(20-26)49(43(54)55)36-25-48-17-15-28(36)16-18-48/h2-4,7-14,20-22,28,36,38,45,50-51H,5-6,15-19,23-25H2,1H3,(H,46,53)(H,47,52)(H,54,55)/t36-,38+/m0/s1. The number of anilines is 2. The number of aromatic amines is 1. The Morgan fingerprint density at radius 1 is 1.04 bits per heavy atom. The van der Waals surface area contributed by atoms with E-state index in [4.69, 9.17) is 21.1 Å². The molecule has 8 rings (SSSR count). The smallest absolute Gasteiger partial charge is 0.412 e. The number of carboxylic acid groups (broad SMARTS) is 1. The number of aromatic nitrogens is 1. The van der Waals surface area contributed by atoms with Gasteiger partial charge in [0.25, 0.3) is 0 Å². The van der Waals surface area contributed by atoms with Crippen LogP contribution in [-0.2, 0) is 17.7 Å². The maximum atomic E-state index is 12.9. The van der Waals surface area contributed by atoms with Crippen LogP contribution in [0.2, 0.25) is 5.02 Å². The summed E-state index contributed by atoms with van der Waals surface area (Å²) < 4.78 is 11.1. The zero-order valence-corrected chi connectivity index (χ0v) is 32.3. The lowest BCUT2D eigenvalue weighted by molar-refractivity contribution is 0.0837. The molecule has 3 aliphatic heterocycles. The number of pyridine rings is 1. The zero-order chi connectivity index (χ0) is 40.1. The number of hydrogen-bond donors (Lipinski definition) is 6. The topological polar surface area (TPSA) is 177 Å². The number of aliphatic hydroxyl groups excluding tert-OH is 1. The fraction of sp³-hybridized carbons (Fsp3) is 0.326. The van der Waals surface area contributed by atoms with Crippen molar-refractivity contribution in [2.75, 3.05) is 50.1 Å². The van der Waals surface area contributed by atoms with Crippen LogP contribution in [0.3, 0.4) is 0 Å². The van der Waals surface area contributed by atoms with Crippen LogP contribution in [0.25, 0.3) is 22.0 Å². The number of nitrogens with zero attached hydrogens (tertiary/aromatic N) is 2. The minimum atomic E-state index is -0.957. The number of carbonyl (C=O) groups excluding carboxylic acids is 1. The Morgan fingerprint density at radius 2 is 1.82 bits per heavy atom. The van der Waals surface area contributed by atoms with Crippen molar-refractivity contribution in [3.8, 4) is 22.6 Å². The van der Waals surface area contributed by atoms with E-state index >= 15 is 0 Å². The number of amides is 2. The summed E-state index contributed by atoms with van der Waals surface area (Å²) in [6, 6.07) is 24.8. The number of rotatable bonds is 14. The van der Waals surface area contributed by atoms with Gasteiger partial charge in [-0.2, -0.15) is 0 Å². The molecular formula is C43H46ClN5O8. The lowest BCUT2D eigenvalue weighted by Crippen LogP contribution is -2.59. The van der Waals surface area contributed by atoms with Gasteiger partial charge in [0.15, 0.2) is 0 Å². The van der Waals surface area contributed by atoms with E-state index < -0.39 is 18.3 Å². The fourth-order valence-corrected chi connectivity index (χ4v) is 8.29. The van der Waals surface area contributed by atoms with Gasteiger partial charge in [-0.3, -0.25) is 15.0 Å². The molecule has 2 amide bonds. The number of aliphatic hydroxyl groups is 1. The Bertz CT molecular complexity index is 2300. The average molecular weight is 796 g/mol. The number of nitrogens with one attached hydrogen (secondary N) is 3. The molecule has 0 saturated carbocycles. The molecule has 0 radical (unpaired) electrons. The molecule has 2 bridgehead atoms. The summed E-state index contributed by atoms with van der Waals surface area (Å²) in [6.07, 6.45) is 0.460. The number of phenols is 1. The highest BCUT2D eigenvalue weighted by Gasteiger charge is 2.41. The van der Waals surface area contributed by atoms with E-state index in [2.05, 4.69) is 20.5 Å². The average Bonchev–Trinajstić information content (AvgIpc) is 3.21. The molecule has 0 unspecified atom stereocenters. The summed E-state index contributed by atoms with van der Waals surface area (Å²) in [7, 11) is 1.50. The molecule has 6 N–H and O–H groups in total. The Labute approximate surface area is 334 Å². The van der Waals surface area contributed by atoms with E-state index in [0.29, 0.717) is 52.4 Å². The minimum Gasteiger partial charge on any atom is -0.506 e. The van der Waals surface area contributed by atoms with E-state index in [9.17, 15) is 29.7 Å². The number of methoxy groups -OCH3 is 1. The first-order valence-electron chi connectivity index (χ1n) is 19.1. The molecule has 1 aromatic heterocycles. The maximum absolute atomic E-state index is 12.9. The van der Waals surface area contributed by atoms with Crippen LogP contribution in [-0.4, -0.2) is 83.3 Å². The third-order valence-electron chi connectivity index (χ3n) is 10.9. The SMILES string of the molecule is COc1cc(NC(=O)OCCCc2ccc(-c3ccccc3)c(N(C(=O)O)[C@H]3CN4CCC3CC4)c2)c(Cl)cc1CNC[C@@H](O)c1ccc(O)c2[nH]c(=O)ccc12. The third-order valence-corrected chi connectivity index (χ3v) is 11.2. The maximum Gasteiger partial charge on any atom is 0.412 e. The summed E-state index contributed by atoms with van der Waals surface area (Å²) in [5.41, 5.74) is 4.83. The van der Waals surface area contributed by atoms with Crippen LogP contribution in [0.5, 0.6) is 11.5 Å². The number of hydrogen-bond acceptors (Lipinski definition) is 9. The molecule has 4 heterocycles. The predicted octanol–water partition coefficient (Wildman–Crippen LogP) is 7.15. The highest BCUT2D eigenvalue weighted by atomic mass is 35.5. The Balaban J connectivity index is 0.951. The van der Waals surface area contributed by atoms with Crippen LogP contribution in [0.1, 0.15) is 42.1 Å². The van der Waals surface area contributed by atoms with Crippen molar-refractivity contribution in [2.45, 2.75) is 44.4 Å². The number of carbonyl (C=O) groups is 2. The van der Waals surface area contributed by atoms with Crippen molar-refractivity contribution in [1.82, 2.24) is 15.2 Å². The van der Waals surface area contributed by atoms with Crippen LogP contribution in [0.4, 0.5) is 21.0 Å². The molecular weight excluding hydrogens is 750 g/mol. The Morgan fingerprint density at radius 3 is 2.54 bits per heavy atom. The summed E-state index contributed by atoms with van der Waals surface area (Å²) in [5, 5.41) is 38.3. The molecule has 3 fully saturated rings. The molecule has 57 heavy (non-hydrogen) atoms. The van der Waals surface area contributed by atoms with E-state index in [1.165, 1.54) is 19.2 Å². The molecule has 4 aromatic carbocycles. The lowest BCUT2D eigenvalue weighted by Gasteiger charge is -2.48. The largest absolute Gasteiger partial charge is 0.506 e. The molecule has 0 spiro atoms. The molecule has 0 aliphatic carbocycles. The zero-order valence-electron chi connectivity index (χ0n) is 31.5. The Kier molecular flexibility index (Phi) is 12.3. The van der Waals surface area contributed by atoms with Gasteiger partial charge in [-0.25, -0.2) is 9.59 Å². The summed E-state index contributed by atoms with van der Waals surface area (Å²) in [6.45, 7) is 3.28. The highest BCUT2D eigenvalue weighted by Crippen LogP contribution is 2.39. The van der Waals surface area contributed by atoms with Gasteiger partial charge in [0.1, 0.15) is 11.5 Å². The van der Waals surface area contributed by atoms with E-state index in [1.54, 1.807) is 29.2 Å². The van der Waals surface area contributed by atoms with Gasteiger partial charge in [0.05, 0.1) is 47.8 Å². The quantitative estimate of drug-likeness (QED) is 0.0634. The Hall–Kier alpha value is -5.60. The van der Waals surface area contributed by atoms with Crippen molar-refractivity contribution >= 4 is 46.1 Å². The first kappa shape index (κ1) is 39.6. The second kappa shape index (κ2) is 17.7. The summed E-state index contributed by atoms with van der Waals surface area (Å²) in [5.74, 6) is 0.681. The molecule has 3 saturated heterocycles. The van der Waals surface area contributed by atoms with Crippen molar-refractivity contribution in [2.24, 2.45) is 5.92 Å². The molecule has 298 valence electrons. The fourth-order valence-electron chi connectivity index (χ4n) is 8.05. The number of benzene rings is 4. The highest BCUT2D eigenvalue weighted by molar-refractivity contribution is 6.33. The first-order valence-corrected chi connectivity index (χ1v) is 19.4. The van der Waals surface area contributed by atoms with Gasteiger partial charge in [0, 0.05) is 48.3 Å². The van der Waals surface area contributed by atoms with Gasteiger partial charge in [-0.15, -0.1) is 0 Å². The van der Waals surface area contributed by atoms with E-state index in [1.807, 2.05) is 48.5 Å². The molecule has 14 heteroatoms. The molecule has 13 nitrogen and oxygen atoms in total. The summed E-state index contributed by atoms with van der Waals surface area (Å²) >= 11 is 6.57. The number of phenolic OH excluding ortho intramolecular Hbond substituents is 1. The van der Waals surface area contributed by atoms with Gasteiger partial charge in [-0.1, -0.05) is 60.1 Å². The number of H-pyrrole nitrogens is 1. The number of ether oxygens (including phenoxy) is 2. The van der Waals surface area contributed by atoms with Crippen LogP contribution in [0.15, 0.2) is 89.7 Å². The molecule has 3 aliphatic rings. The number of fused-ring (bicyclic) bond motifs is 4. The molecule has 5 aromatic rings. The van der Waals surface area contributed by atoms with E-state index in [-0.39, 0.29) is 47.6 Å². The summed E-state index contributed by atoms with van der Waals surface area (Å²) in [4.78, 5) is 44.0. The van der Waals surface area contributed by atoms with Crippen molar-refractivity contribution in [1.29, 1.82) is 0 Å². The van der Waals surface area contributed by atoms with Crippen molar-refractivity contribution in [3.05, 3.63) is 117 Å². The number of aromatic hydroxyl groups is 1. The van der Waals surface area contributed by atoms with Gasteiger partial charge in [0.2, 0.25) is 5.56 Å². The van der Waals surface area contributed by atoms with E-state index in [0.717, 1.165) is 49.2 Å². The second-order valence-corrected chi connectivity index (χ2v) is 14.9. The van der Waals surface area contributed by atoms with Gasteiger partial charge in [-0.05, 0) is 85.6 Å². The number of halogens is 1. The van der Waals surface area contributed by atoms with Crippen LogP contribution < -0.4 is 25.8 Å². The number of aryl methyl sites for hydroxylation is 1. The third kappa shape index (κ3) is 9.02. The van der Waals surface area contributed by atoms with Gasteiger partial charge >= 0.3 is 12.2 Å². The first-order chi connectivity index (χ1) is 27.6. The van der Waals surface area contributed by atoms with Crippen LogP contribution >= 0.6 is 11.6 Å². The number of piperidine rings is 3. The molecule has 2 atom stereocenters. The van der Waals surface area contributed by atoms with Crippen LogP contribution in [0, 0.1) is 5.92 Å². The lowest BCUT2D eigenvalue weighted by atomic mass is 9.82. The monoisotopic (exact) mass is 795 g/mol. The second-order valence-electron chi connectivity index (χ2n) is 14.5.